The Labute approximate surface area is 351 Å². The van der Waals surface area contributed by atoms with Crippen LogP contribution in [-0.2, 0) is 0 Å². The lowest BCUT2D eigenvalue weighted by atomic mass is 9.81. The number of anilines is 3. The van der Waals surface area contributed by atoms with Gasteiger partial charge in [0.05, 0.1) is 0 Å². The zero-order chi connectivity index (χ0) is 40.0. The lowest BCUT2D eigenvalue weighted by molar-refractivity contribution is 1.28. The second kappa shape index (κ2) is 14.9. The average Bonchev–Trinajstić information content (AvgIpc) is 3.32. The predicted molar refractivity (Wildman–Crippen MR) is 258 cm³/mol. The number of rotatable bonds is 7. The molecule has 60 heavy (non-hydrogen) atoms. The van der Waals surface area contributed by atoms with Crippen molar-refractivity contribution < 1.29 is 0 Å². The molecule has 0 N–H and O–H groups in total. The molecule has 0 bridgehead atoms. The minimum atomic E-state index is 1.11. The highest BCUT2D eigenvalue weighted by molar-refractivity contribution is 6.33. The van der Waals surface area contributed by atoms with Crippen LogP contribution >= 0.6 is 0 Å². The van der Waals surface area contributed by atoms with Crippen molar-refractivity contribution in [2.45, 2.75) is 6.92 Å². The van der Waals surface area contributed by atoms with Crippen molar-refractivity contribution in [3.63, 3.8) is 0 Å². The Morgan fingerprint density at radius 2 is 0.817 bits per heavy atom. The van der Waals surface area contributed by atoms with Crippen LogP contribution in [0, 0.1) is 6.92 Å². The lowest BCUT2D eigenvalue weighted by Gasteiger charge is -2.27. The van der Waals surface area contributed by atoms with Gasteiger partial charge in [-0.2, -0.15) is 0 Å². The molecular formula is C59H41N. The molecule has 0 aliphatic heterocycles. The summed E-state index contributed by atoms with van der Waals surface area (Å²) in [5.74, 6) is 0. The standard InChI is InChI=1S/C59H41N/c1-40-18-15-28-46(36-40)60(47-29-16-27-45(37-47)50-33-17-26-41-23-11-12-30-49(41)50)48-34-35-53-56(38-48)51-31-13-14-32-52(51)58-55(43-21-7-3-8-22-43)39-54(42-19-5-2-6-20-42)57(59(53)58)44-24-9-4-10-25-44/h2-39H,1H3. The summed E-state index contributed by atoms with van der Waals surface area (Å²) in [5, 5.41) is 9.96. The largest absolute Gasteiger partial charge is 0.310 e. The first-order valence-electron chi connectivity index (χ1n) is 20.8. The number of nitrogens with zero attached hydrogens (tertiary/aromatic N) is 1. The quantitative estimate of drug-likeness (QED) is 0.146. The summed E-state index contributed by atoms with van der Waals surface area (Å²) in [4.78, 5) is 2.42. The van der Waals surface area contributed by atoms with Crippen molar-refractivity contribution in [3.05, 3.63) is 236 Å². The summed E-state index contributed by atoms with van der Waals surface area (Å²) >= 11 is 0. The Morgan fingerprint density at radius 3 is 1.55 bits per heavy atom. The van der Waals surface area contributed by atoms with Gasteiger partial charge in [-0.25, -0.2) is 0 Å². The van der Waals surface area contributed by atoms with Gasteiger partial charge in [-0.3, -0.25) is 0 Å². The number of fused-ring (bicyclic) bond motifs is 7. The normalized spacial score (nSPS) is 11.4. The molecule has 1 heteroatoms. The molecule has 0 radical (unpaired) electrons. The zero-order valence-corrected chi connectivity index (χ0v) is 33.4. The molecule has 282 valence electrons. The molecule has 11 rings (SSSR count). The van der Waals surface area contributed by atoms with E-state index in [9.17, 15) is 0 Å². The van der Waals surface area contributed by atoms with Crippen molar-refractivity contribution in [3.8, 4) is 44.5 Å². The first-order valence-corrected chi connectivity index (χ1v) is 20.8. The fourth-order valence-electron chi connectivity index (χ4n) is 9.38. The third-order valence-corrected chi connectivity index (χ3v) is 12.0. The van der Waals surface area contributed by atoms with Gasteiger partial charge in [0.1, 0.15) is 0 Å². The Balaban J connectivity index is 1.23. The van der Waals surface area contributed by atoms with Gasteiger partial charge < -0.3 is 4.90 Å². The van der Waals surface area contributed by atoms with Crippen molar-refractivity contribution in [2.24, 2.45) is 0 Å². The third-order valence-electron chi connectivity index (χ3n) is 12.0. The molecule has 11 aromatic carbocycles. The second-order valence-corrected chi connectivity index (χ2v) is 15.7. The molecule has 0 aliphatic carbocycles. The monoisotopic (exact) mass is 763 g/mol. The number of hydrogen-bond donors (Lipinski definition) is 0. The highest BCUT2D eigenvalue weighted by Gasteiger charge is 2.23. The average molecular weight is 764 g/mol. The van der Waals surface area contributed by atoms with Crippen molar-refractivity contribution in [2.75, 3.05) is 4.90 Å². The van der Waals surface area contributed by atoms with E-state index in [-0.39, 0.29) is 0 Å². The predicted octanol–water partition coefficient (Wildman–Crippen LogP) is 16.7. The second-order valence-electron chi connectivity index (χ2n) is 15.7. The van der Waals surface area contributed by atoms with Crippen LogP contribution in [0.1, 0.15) is 5.56 Å². The highest BCUT2D eigenvalue weighted by Crippen LogP contribution is 2.50. The summed E-state index contributed by atoms with van der Waals surface area (Å²) in [6.45, 7) is 2.17. The van der Waals surface area contributed by atoms with Crippen molar-refractivity contribution in [1.82, 2.24) is 0 Å². The van der Waals surface area contributed by atoms with Crippen LogP contribution in [0.3, 0.4) is 0 Å². The van der Waals surface area contributed by atoms with E-state index in [1.54, 1.807) is 0 Å². The zero-order valence-electron chi connectivity index (χ0n) is 33.4. The van der Waals surface area contributed by atoms with Crippen LogP contribution in [-0.4, -0.2) is 0 Å². The van der Waals surface area contributed by atoms with E-state index < -0.39 is 0 Å². The third kappa shape index (κ3) is 6.11. The van der Waals surface area contributed by atoms with Gasteiger partial charge in [-0.1, -0.05) is 188 Å². The maximum absolute atomic E-state index is 2.43. The lowest BCUT2D eigenvalue weighted by Crippen LogP contribution is -2.10. The highest BCUT2D eigenvalue weighted by atomic mass is 15.1. The molecule has 0 unspecified atom stereocenters. The fourth-order valence-corrected chi connectivity index (χ4v) is 9.38. The van der Waals surface area contributed by atoms with Crippen molar-refractivity contribution >= 4 is 60.2 Å². The maximum atomic E-state index is 2.43. The summed E-state index contributed by atoms with van der Waals surface area (Å²) in [7, 11) is 0. The van der Waals surface area contributed by atoms with Gasteiger partial charge in [-0.15, -0.1) is 0 Å². The van der Waals surface area contributed by atoms with E-state index >= 15 is 0 Å². The SMILES string of the molecule is Cc1cccc(N(c2cccc(-c3cccc4ccccc34)c2)c2ccc3c(c2)c2ccccc2c2c(-c4ccccc4)cc(-c4ccccc4)c(-c4ccccc4)c32)c1. The van der Waals surface area contributed by atoms with Gasteiger partial charge in [0, 0.05) is 17.1 Å². The molecular weight excluding hydrogens is 723 g/mol. The molecule has 0 amide bonds. The summed E-state index contributed by atoms with van der Waals surface area (Å²) in [6, 6.07) is 84.5. The molecule has 0 atom stereocenters. The minimum absolute atomic E-state index is 1.11. The molecule has 1 nitrogen and oxygen atoms in total. The van der Waals surface area contributed by atoms with Crippen molar-refractivity contribution in [1.29, 1.82) is 0 Å². The van der Waals surface area contributed by atoms with E-state index in [2.05, 4.69) is 242 Å². The van der Waals surface area contributed by atoms with Crippen LogP contribution in [0.25, 0.3) is 87.6 Å². The van der Waals surface area contributed by atoms with Gasteiger partial charge in [-0.05, 0) is 143 Å². The molecule has 11 aromatic rings. The molecule has 0 aromatic heterocycles. The Morgan fingerprint density at radius 1 is 0.283 bits per heavy atom. The van der Waals surface area contributed by atoms with E-state index in [4.69, 9.17) is 0 Å². The van der Waals surface area contributed by atoms with E-state index in [0.29, 0.717) is 0 Å². The van der Waals surface area contributed by atoms with Gasteiger partial charge in [0.2, 0.25) is 0 Å². The Bertz CT molecular complexity index is 3360. The number of hydrogen-bond acceptors (Lipinski definition) is 1. The number of aryl methyl sites for hydroxylation is 1. The maximum Gasteiger partial charge on any atom is 0.0468 e. The molecule has 0 saturated carbocycles. The van der Waals surface area contributed by atoms with E-state index in [1.807, 2.05) is 0 Å². The topological polar surface area (TPSA) is 3.24 Å². The van der Waals surface area contributed by atoms with E-state index in [0.717, 1.165) is 17.1 Å². The molecule has 0 heterocycles. The molecule has 0 spiro atoms. The summed E-state index contributed by atoms with van der Waals surface area (Å²) in [5.41, 5.74) is 14.3. The van der Waals surface area contributed by atoms with Gasteiger partial charge in [0.25, 0.3) is 0 Å². The first kappa shape index (κ1) is 35.4. The molecule has 0 saturated heterocycles. The van der Waals surface area contributed by atoms with Crippen LogP contribution in [0.15, 0.2) is 231 Å². The first-order chi connectivity index (χ1) is 29.7. The molecule has 0 fully saturated rings. The van der Waals surface area contributed by atoms with Gasteiger partial charge >= 0.3 is 0 Å². The van der Waals surface area contributed by atoms with Crippen LogP contribution < -0.4 is 4.90 Å². The van der Waals surface area contributed by atoms with Crippen LogP contribution in [0.4, 0.5) is 17.1 Å². The van der Waals surface area contributed by atoms with Crippen LogP contribution in [0.2, 0.25) is 0 Å². The smallest absolute Gasteiger partial charge is 0.0468 e. The Hall–Kier alpha value is -7.74. The molecule has 0 aliphatic rings. The van der Waals surface area contributed by atoms with E-state index in [1.165, 1.54) is 93.2 Å². The van der Waals surface area contributed by atoms with Crippen LogP contribution in [0.5, 0.6) is 0 Å². The summed E-state index contributed by atoms with van der Waals surface area (Å²) in [6.07, 6.45) is 0. The minimum Gasteiger partial charge on any atom is -0.310 e. The fraction of sp³-hybridized carbons (Fsp3) is 0.0169. The van der Waals surface area contributed by atoms with Gasteiger partial charge in [0.15, 0.2) is 0 Å². The summed E-state index contributed by atoms with van der Waals surface area (Å²) < 4.78 is 0. The number of benzene rings is 11. The Kier molecular flexibility index (Phi) is 8.79.